The lowest BCUT2D eigenvalue weighted by Gasteiger charge is -2.28. The van der Waals surface area contributed by atoms with Crippen molar-refractivity contribution < 1.29 is 14.3 Å². The smallest absolute Gasteiger partial charge is 0.254 e. The van der Waals surface area contributed by atoms with Gasteiger partial charge in [-0.05, 0) is 36.6 Å². The third kappa shape index (κ3) is 6.72. The van der Waals surface area contributed by atoms with Gasteiger partial charge in [-0.15, -0.1) is 11.3 Å². The number of thiazole rings is 1. The molecule has 2 heterocycles. The Labute approximate surface area is 204 Å². The number of nitrogens with one attached hydrogen (secondary N) is 1. The van der Waals surface area contributed by atoms with Crippen LogP contribution in [0, 0.1) is 6.92 Å². The summed E-state index contributed by atoms with van der Waals surface area (Å²) in [5, 5.41) is 3.37. The first kappa shape index (κ1) is 24.1. The summed E-state index contributed by atoms with van der Waals surface area (Å²) in [4.78, 5) is 35.3. The largest absolute Gasteiger partial charge is 0.379 e. The molecule has 1 aliphatic rings. The summed E-state index contributed by atoms with van der Waals surface area (Å²) in [5.41, 5.74) is 2.72. The summed E-state index contributed by atoms with van der Waals surface area (Å²) in [5.74, 6) is -0.387. The van der Waals surface area contributed by atoms with Crippen LogP contribution in [0.15, 0.2) is 60.8 Å². The number of hydrogen-bond acceptors (Lipinski definition) is 6. The number of aryl methyl sites for hydroxylation is 1. The minimum Gasteiger partial charge on any atom is -0.379 e. The fourth-order valence-corrected chi connectivity index (χ4v) is 4.61. The Morgan fingerprint density at radius 2 is 1.76 bits per heavy atom. The van der Waals surface area contributed by atoms with Crippen LogP contribution < -0.4 is 5.32 Å². The van der Waals surface area contributed by atoms with E-state index in [1.807, 2.05) is 61.5 Å². The van der Waals surface area contributed by atoms with Gasteiger partial charge in [0, 0.05) is 42.8 Å². The van der Waals surface area contributed by atoms with Gasteiger partial charge in [0.15, 0.2) is 5.13 Å². The van der Waals surface area contributed by atoms with Crippen LogP contribution >= 0.6 is 11.3 Å². The van der Waals surface area contributed by atoms with Gasteiger partial charge in [-0.25, -0.2) is 4.98 Å². The molecule has 1 aliphatic heterocycles. The minimum absolute atomic E-state index is 0.0129. The molecule has 4 rings (SSSR count). The van der Waals surface area contributed by atoms with E-state index in [0.717, 1.165) is 55.3 Å². The monoisotopic (exact) mass is 478 g/mol. The summed E-state index contributed by atoms with van der Waals surface area (Å²) < 4.78 is 5.41. The normalized spacial score (nSPS) is 14.0. The number of ether oxygens (including phenoxy) is 1. The molecule has 1 fully saturated rings. The standard InChI is InChI=1S/C26H30N4O3S/c1-20-18-27-26(34-20)28-24(31)19-30(13-5-12-29-14-16-33-17-15-29)25(32)23-10-8-22(9-11-23)21-6-3-2-4-7-21/h2-4,6-11,18H,5,12-17,19H2,1H3,(H,27,28,31). The summed E-state index contributed by atoms with van der Waals surface area (Å²) >= 11 is 1.42. The van der Waals surface area contributed by atoms with Crippen molar-refractivity contribution in [3.8, 4) is 11.1 Å². The summed E-state index contributed by atoms with van der Waals surface area (Å²) in [7, 11) is 0. The first-order valence-electron chi connectivity index (χ1n) is 11.6. The molecule has 0 unspecified atom stereocenters. The average molecular weight is 479 g/mol. The Balaban J connectivity index is 1.42. The van der Waals surface area contributed by atoms with Crippen LogP contribution in [-0.4, -0.2) is 72.5 Å². The van der Waals surface area contributed by atoms with Crippen molar-refractivity contribution in [2.24, 2.45) is 0 Å². The molecule has 0 radical (unpaired) electrons. The summed E-state index contributed by atoms with van der Waals surface area (Å²) in [6.07, 6.45) is 2.51. The molecule has 2 amide bonds. The summed E-state index contributed by atoms with van der Waals surface area (Å²) in [6.45, 7) is 6.58. The molecule has 0 aliphatic carbocycles. The van der Waals surface area contributed by atoms with E-state index in [-0.39, 0.29) is 18.4 Å². The number of benzene rings is 2. The maximum Gasteiger partial charge on any atom is 0.254 e. The van der Waals surface area contributed by atoms with Crippen molar-refractivity contribution in [3.63, 3.8) is 0 Å². The molecule has 0 atom stereocenters. The summed E-state index contributed by atoms with van der Waals surface area (Å²) in [6, 6.07) is 17.6. The zero-order valence-electron chi connectivity index (χ0n) is 19.4. The number of carbonyl (C=O) groups is 2. The molecule has 2 aromatic carbocycles. The highest BCUT2D eigenvalue weighted by Gasteiger charge is 2.20. The van der Waals surface area contributed by atoms with Gasteiger partial charge in [0.2, 0.25) is 5.91 Å². The fourth-order valence-electron chi connectivity index (χ4n) is 3.93. The number of hydrogen-bond donors (Lipinski definition) is 1. The van der Waals surface area contributed by atoms with E-state index < -0.39 is 0 Å². The molecule has 0 spiro atoms. The highest BCUT2D eigenvalue weighted by molar-refractivity contribution is 7.15. The molecule has 178 valence electrons. The maximum atomic E-state index is 13.4. The quantitative estimate of drug-likeness (QED) is 0.505. The number of anilines is 1. The third-order valence-corrected chi connectivity index (χ3v) is 6.56. The van der Waals surface area contributed by atoms with E-state index in [0.29, 0.717) is 17.2 Å². The Morgan fingerprint density at radius 1 is 1.06 bits per heavy atom. The number of rotatable bonds is 9. The first-order chi connectivity index (χ1) is 16.6. The van der Waals surface area contributed by atoms with Gasteiger partial charge in [-0.2, -0.15) is 0 Å². The van der Waals surface area contributed by atoms with Gasteiger partial charge in [0.05, 0.1) is 13.2 Å². The van der Waals surface area contributed by atoms with E-state index in [9.17, 15) is 9.59 Å². The maximum absolute atomic E-state index is 13.4. The van der Waals surface area contributed by atoms with Gasteiger partial charge in [0.25, 0.3) is 5.91 Å². The van der Waals surface area contributed by atoms with E-state index in [1.54, 1.807) is 11.1 Å². The SMILES string of the molecule is Cc1cnc(NC(=O)CN(CCCN2CCOCC2)C(=O)c2ccc(-c3ccccc3)cc2)s1. The Hall–Kier alpha value is -3.07. The number of nitrogens with zero attached hydrogens (tertiary/aromatic N) is 3. The number of amides is 2. The molecule has 3 aromatic rings. The third-order valence-electron chi connectivity index (χ3n) is 5.73. The van der Waals surface area contributed by atoms with Crippen LogP contribution in [0.2, 0.25) is 0 Å². The van der Waals surface area contributed by atoms with Crippen LogP contribution in [0.4, 0.5) is 5.13 Å². The second kappa shape index (κ2) is 11.9. The van der Waals surface area contributed by atoms with Crippen LogP contribution in [0.25, 0.3) is 11.1 Å². The molecule has 1 saturated heterocycles. The molecule has 1 N–H and O–H groups in total. The van der Waals surface area contributed by atoms with Crippen molar-refractivity contribution in [1.29, 1.82) is 0 Å². The lowest BCUT2D eigenvalue weighted by molar-refractivity contribution is -0.116. The van der Waals surface area contributed by atoms with Crippen molar-refractivity contribution in [2.45, 2.75) is 13.3 Å². The van der Waals surface area contributed by atoms with Gasteiger partial charge >= 0.3 is 0 Å². The Morgan fingerprint density at radius 3 is 2.44 bits per heavy atom. The Bertz CT molecular complexity index is 1080. The topological polar surface area (TPSA) is 74.8 Å². The van der Waals surface area contributed by atoms with Crippen molar-refractivity contribution in [3.05, 3.63) is 71.2 Å². The molecule has 0 bridgehead atoms. The molecule has 1 aromatic heterocycles. The zero-order chi connectivity index (χ0) is 23.8. The van der Waals surface area contributed by atoms with Crippen molar-refractivity contribution in [1.82, 2.24) is 14.8 Å². The minimum atomic E-state index is -0.241. The van der Waals surface area contributed by atoms with Crippen LogP contribution in [0.3, 0.4) is 0 Å². The molecule has 7 nitrogen and oxygen atoms in total. The van der Waals surface area contributed by atoms with Crippen molar-refractivity contribution in [2.75, 3.05) is 51.3 Å². The molecule has 34 heavy (non-hydrogen) atoms. The van der Waals surface area contributed by atoms with Gasteiger partial charge < -0.3 is 15.0 Å². The second-order valence-electron chi connectivity index (χ2n) is 8.30. The van der Waals surface area contributed by atoms with E-state index in [4.69, 9.17) is 4.74 Å². The highest BCUT2D eigenvalue weighted by atomic mass is 32.1. The van der Waals surface area contributed by atoms with Crippen molar-refractivity contribution >= 4 is 28.3 Å². The van der Waals surface area contributed by atoms with Gasteiger partial charge in [0.1, 0.15) is 6.54 Å². The molecular formula is C26H30N4O3S. The number of carbonyl (C=O) groups excluding carboxylic acids is 2. The predicted octanol–water partition coefficient (Wildman–Crippen LogP) is 3.92. The lowest BCUT2D eigenvalue weighted by atomic mass is 10.0. The molecular weight excluding hydrogens is 448 g/mol. The predicted molar refractivity (Wildman–Crippen MR) is 135 cm³/mol. The van der Waals surface area contributed by atoms with Crippen LogP contribution in [0.5, 0.6) is 0 Å². The van der Waals surface area contributed by atoms with Crippen LogP contribution in [0.1, 0.15) is 21.7 Å². The van der Waals surface area contributed by atoms with E-state index >= 15 is 0 Å². The van der Waals surface area contributed by atoms with Gasteiger partial charge in [-0.1, -0.05) is 42.5 Å². The second-order valence-corrected chi connectivity index (χ2v) is 9.54. The first-order valence-corrected chi connectivity index (χ1v) is 12.4. The van der Waals surface area contributed by atoms with E-state index in [2.05, 4.69) is 15.2 Å². The van der Waals surface area contributed by atoms with Gasteiger partial charge in [-0.3, -0.25) is 14.5 Å². The Kier molecular flexibility index (Phi) is 8.41. The zero-order valence-corrected chi connectivity index (χ0v) is 20.2. The lowest BCUT2D eigenvalue weighted by Crippen LogP contribution is -2.41. The molecule has 0 saturated carbocycles. The average Bonchev–Trinajstić information content (AvgIpc) is 3.28. The fraction of sp³-hybridized carbons (Fsp3) is 0.346. The number of aromatic nitrogens is 1. The van der Waals surface area contributed by atoms with E-state index in [1.165, 1.54) is 11.3 Å². The van der Waals surface area contributed by atoms with Crippen LogP contribution in [-0.2, 0) is 9.53 Å². The molecule has 8 heteroatoms. The number of morpholine rings is 1. The highest BCUT2D eigenvalue weighted by Crippen LogP contribution is 2.20.